The number of hydrogen-bond donors (Lipinski definition) is 1. The van der Waals surface area contributed by atoms with E-state index >= 15 is 0 Å². The molecule has 0 aliphatic carbocycles. The van der Waals surface area contributed by atoms with Crippen molar-refractivity contribution in [2.75, 3.05) is 0 Å². The van der Waals surface area contributed by atoms with Gasteiger partial charge < -0.3 is 4.98 Å². The number of fused-ring (bicyclic) bond motifs is 1. The van der Waals surface area contributed by atoms with Crippen LogP contribution in [0.3, 0.4) is 0 Å². The predicted molar refractivity (Wildman–Crippen MR) is 88.1 cm³/mol. The van der Waals surface area contributed by atoms with Gasteiger partial charge in [0.1, 0.15) is 0 Å². The zero-order valence-corrected chi connectivity index (χ0v) is 12.9. The van der Waals surface area contributed by atoms with Crippen molar-refractivity contribution >= 4 is 17.2 Å². The molecule has 0 fully saturated rings. The third kappa shape index (κ3) is 2.07. The van der Waals surface area contributed by atoms with Gasteiger partial charge in [0, 0.05) is 22.0 Å². The van der Waals surface area contributed by atoms with Gasteiger partial charge in [-0.05, 0) is 44.4 Å². The maximum absolute atomic E-state index is 11.6. The maximum atomic E-state index is 11.6. The number of carbonyl (C=O) groups is 1. The van der Waals surface area contributed by atoms with Crippen LogP contribution < -0.4 is 0 Å². The zero-order valence-electron chi connectivity index (χ0n) is 12.9. The van der Waals surface area contributed by atoms with Gasteiger partial charge >= 0.3 is 0 Å². The molecule has 2 heteroatoms. The SMILES string of the molecule is Cc1ccc(-c2[nH]c3c(C)c(C)ccc3c2C=O)c(C)c1. The Morgan fingerprint density at radius 3 is 2.38 bits per heavy atom. The standard InChI is InChI=1S/C19H19NO/c1-11-5-7-15(13(3)9-11)19-17(10-21)16-8-6-12(2)14(4)18(16)20-19/h5-10,20H,1-4H3. The number of hydrogen-bond acceptors (Lipinski definition) is 1. The molecule has 106 valence electrons. The molecule has 2 aromatic carbocycles. The summed E-state index contributed by atoms with van der Waals surface area (Å²) < 4.78 is 0. The summed E-state index contributed by atoms with van der Waals surface area (Å²) in [5.41, 5.74) is 8.67. The lowest BCUT2D eigenvalue weighted by Crippen LogP contribution is -1.89. The van der Waals surface area contributed by atoms with Gasteiger partial charge in [-0.2, -0.15) is 0 Å². The summed E-state index contributed by atoms with van der Waals surface area (Å²) in [5.74, 6) is 0. The molecule has 3 aromatic rings. The van der Waals surface area contributed by atoms with Crippen LogP contribution in [0.4, 0.5) is 0 Å². The van der Waals surface area contributed by atoms with Crippen LogP contribution in [0.15, 0.2) is 30.3 Å². The predicted octanol–water partition coefficient (Wildman–Crippen LogP) is 4.88. The van der Waals surface area contributed by atoms with Crippen LogP contribution in [0.5, 0.6) is 0 Å². The molecule has 3 rings (SSSR count). The van der Waals surface area contributed by atoms with Crippen LogP contribution in [0, 0.1) is 27.7 Å². The number of nitrogens with one attached hydrogen (secondary N) is 1. The van der Waals surface area contributed by atoms with Crippen LogP contribution in [-0.4, -0.2) is 11.3 Å². The van der Waals surface area contributed by atoms with Gasteiger partial charge in [0.15, 0.2) is 6.29 Å². The summed E-state index contributed by atoms with van der Waals surface area (Å²) in [6.45, 7) is 8.35. The van der Waals surface area contributed by atoms with Gasteiger partial charge in [0.2, 0.25) is 0 Å². The topological polar surface area (TPSA) is 32.9 Å². The highest BCUT2D eigenvalue weighted by Crippen LogP contribution is 2.33. The molecule has 0 amide bonds. The van der Waals surface area contributed by atoms with E-state index in [0.717, 1.165) is 34.0 Å². The molecule has 0 unspecified atom stereocenters. The van der Waals surface area contributed by atoms with E-state index in [1.54, 1.807) is 0 Å². The van der Waals surface area contributed by atoms with E-state index in [2.05, 4.69) is 56.9 Å². The van der Waals surface area contributed by atoms with Crippen molar-refractivity contribution in [2.24, 2.45) is 0 Å². The summed E-state index contributed by atoms with van der Waals surface area (Å²) in [7, 11) is 0. The molecule has 0 bridgehead atoms. The van der Waals surface area contributed by atoms with Crippen LogP contribution in [0.2, 0.25) is 0 Å². The van der Waals surface area contributed by atoms with Gasteiger partial charge in [0.25, 0.3) is 0 Å². The highest BCUT2D eigenvalue weighted by atomic mass is 16.1. The molecule has 2 nitrogen and oxygen atoms in total. The van der Waals surface area contributed by atoms with Crippen molar-refractivity contribution in [2.45, 2.75) is 27.7 Å². The molecule has 0 aliphatic rings. The molecule has 1 N–H and O–H groups in total. The van der Waals surface area contributed by atoms with E-state index in [9.17, 15) is 4.79 Å². The van der Waals surface area contributed by atoms with Crippen molar-refractivity contribution in [3.05, 3.63) is 58.1 Å². The molecule has 0 radical (unpaired) electrons. The van der Waals surface area contributed by atoms with Crippen molar-refractivity contribution in [3.8, 4) is 11.3 Å². The average molecular weight is 277 g/mol. The third-order valence-electron chi connectivity index (χ3n) is 4.31. The van der Waals surface area contributed by atoms with Gasteiger partial charge in [-0.1, -0.05) is 35.9 Å². The lowest BCUT2D eigenvalue weighted by molar-refractivity contribution is 0.112. The second-order valence-electron chi connectivity index (χ2n) is 5.78. The first kappa shape index (κ1) is 13.6. The highest BCUT2D eigenvalue weighted by molar-refractivity contribution is 6.05. The van der Waals surface area contributed by atoms with E-state index in [-0.39, 0.29) is 0 Å². The Balaban J connectivity index is 2.37. The summed E-state index contributed by atoms with van der Waals surface area (Å²) >= 11 is 0. The van der Waals surface area contributed by atoms with Crippen LogP contribution in [0.1, 0.15) is 32.6 Å². The second-order valence-corrected chi connectivity index (χ2v) is 5.78. The minimum atomic E-state index is 0.750. The number of rotatable bonds is 2. The molecule has 0 saturated heterocycles. The quantitative estimate of drug-likeness (QED) is 0.665. The Labute approximate surface area is 124 Å². The largest absolute Gasteiger partial charge is 0.354 e. The zero-order chi connectivity index (χ0) is 15.1. The number of aryl methyl sites for hydroxylation is 4. The molecular formula is C19H19NO. The van der Waals surface area contributed by atoms with Crippen LogP contribution in [-0.2, 0) is 0 Å². The van der Waals surface area contributed by atoms with Gasteiger partial charge in [0.05, 0.1) is 5.69 Å². The average Bonchev–Trinajstić information content (AvgIpc) is 2.82. The first-order valence-electron chi connectivity index (χ1n) is 7.17. The number of carbonyl (C=O) groups excluding carboxylic acids is 1. The van der Waals surface area contributed by atoms with E-state index < -0.39 is 0 Å². The van der Waals surface area contributed by atoms with Crippen molar-refractivity contribution in [1.82, 2.24) is 4.98 Å². The van der Waals surface area contributed by atoms with Gasteiger partial charge in [-0.15, -0.1) is 0 Å². The van der Waals surface area contributed by atoms with E-state index in [1.165, 1.54) is 22.3 Å². The molecule has 0 spiro atoms. The third-order valence-corrected chi connectivity index (χ3v) is 4.31. The number of benzene rings is 2. The molecule has 0 atom stereocenters. The second kappa shape index (κ2) is 4.88. The maximum Gasteiger partial charge on any atom is 0.152 e. The first-order chi connectivity index (χ1) is 10.0. The molecular weight excluding hydrogens is 258 g/mol. The Morgan fingerprint density at radius 2 is 1.71 bits per heavy atom. The summed E-state index contributed by atoms with van der Waals surface area (Å²) in [6, 6.07) is 10.4. The monoisotopic (exact) mass is 277 g/mol. The van der Waals surface area contributed by atoms with E-state index in [0.29, 0.717) is 0 Å². The number of aromatic nitrogens is 1. The molecule has 0 aliphatic heterocycles. The molecule has 1 heterocycles. The summed E-state index contributed by atoms with van der Waals surface area (Å²) in [6.07, 6.45) is 0.961. The number of aldehydes is 1. The number of aromatic amines is 1. The minimum Gasteiger partial charge on any atom is -0.354 e. The normalized spacial score (nSPS) is 11.0. The summed E-state index contributed by atoms with van der Waals surface area (Å²) in [4.78, 5) is 15.1. The highest BCUT2D eigenvalue weighted by Gasteiger charge is 2.15. The van der Waals surface area contributed by atoms with Crippen molar-refractivity contribution in [1.29, 1.82) is 0 Å². The van der Waals surface area contributed by atoms with E-state index in [4.69, 9.17) is 0 Å². The molecule has 1 aromatic heterocycles. The first-order valence-corrected chi connectivity index (χ1v) is 7.17. The lowest BCUT2D eigenvalue weighted by atomic mass is 9.99. The lowest BCUT2D eigenvalue weighted by Gasteiger charge is -2.06. The van der Waals surface area contributed by atoms with Crippen molar-refractivity contribution in [3.63, 3.8) is 0 Å². The van der Waals surface area contributed by atoms with Gasteiger partial charge in [-0.25, -0.2) is 0 Å². The van der Waals surface area contributed by atoms with Crippen LogP contribution >= 0.6 is 0 Å². The van der Waals surface area contributed by atoms with Crippen LogP contribution in [0.25, 0.3) is 22.2 Å². The Kier molecular flexibility index (Phi) is 3.17. The number of H-pyrrole nitrogens is 1. The molecule has 0 saturated carbocycles. The smallest absolute Gasteiger partial charge is 0.152 e. The Morgan fingerprint density at radius 1 is 0.952 bits per heavy atom. The minimum absolute atomic E-state index is 0.750. The Hall–Kier alpha value is -2.35. The fourth-order valence-electron chi connectivity index (χ4n) is 2.96. The molecule has 21 heavy (non-hydrogen) atoms. The van der Waals surface area contributed by atoms with Crippen molar-refractivity contribution < 1.29 is 4.79 Å². The fraction of sp³-hybridized carbons (Fsp3) is 0.211. The Bertz CT molecular complexity index is 856. The fourth-order valence-corrected chi connectivity index (χ4v) is 2.96. The summed E-state index contributed by atoms with van der Waals surface area (Å²) in [5, 5.41) is 1.00. The van der Waals surface area contributed by atoms with E-state index in [1.807, 2.05) is 6.07 Å². The van der Waals surface area contributed by atoms with Gasteiger partial charge in [-0.3, -0.25) is 4.79 Å².